The number of halogens is 1. The number of fused-ring (bicyclic) bond motifs is 1. The Morgan fingerprint density at radius 1 is 1.11 bits per heavy atom. The zero-order chi connectivity index (χ0) is 27.0. The van der Waals surface area contributed by atoms with Gasteiger partial charge >= 0.3 is 0 Å². The van der Waals surface area contributed by atoms with Crippen molar-refractivity contribution >= 4 is 38.4 Å². The minimum atomic E-state index is -3.16. The maximum absolute atomic E-state index is 13.5. The first-order chi connectivity index (χ1) is 18.2. The monoisotopic (exact) mass is 554 g/mol. The number of hydrogen-bond donors (Lipinski definition) is 1. The summed E-state index contributed by atoms with van der Waals surface area (Å²) in [5, 5.41) is 8.84. The third kappa shape index (κ3) is 5.06. The second-order valence-electron chi connectivity index (χ2n) is 9.22. The SMILES string of the molecule is COc1ccc(-c2cc(C(=O)NCc3ccc(Cl)cc3)c3c(C)nn(C4CCS(=O)(=O)C4)c3n2)cc1OC. The highest BCUT2D eigenvalue weighted by Crippen LogP contribution is 2.35. The summed E-state index contributed by atoms with van der Waals surface area (Å²) in [6, 6.07) is 14.0. The van der Waals surface area contributed by atoms with Gasteiger partial charge in [-0.05, 0) is 55.3 Å². The molecule has 1 amide bonds. The van der Waals surface area contributed by atoms with Gasteiger partial charge in [-0.2, -0.15) is 5.10 Å². The summed E-state index contributed by atoms with van der Waals surface area (Å²) in [7, 11) is -0.0526. The molecule has 1 aliphatic heterocycles. The van der Waals surface area contributed by atoms with E-state index in [1.54, 1.807) is 56.2 Å². The minimum absolute atomic E-state index is 0.0103. The summed E-state index contributed by atoms with van der Waals surface area (Å²) in [5.74, 6) is 0.879. The number of amides is 1. The van der Waals surface area contributed by atoms with E-state index >= 15 is 0 Å². The molecule has 2 aromatic heterocycles. The van der Waals surface area contributed by atoms with Crippen molar-refractivity contribution in [2.75, 3.05) is 25.7 Å². The number of benzene rings is 2. The maximum atomic E-state index is 13.5. The number of aryl methyl sites for hydroxylation is 1. The molecule has 1 saturated heterocycles. The lowest BCUT2D eigenvalue weighted by Gasteiger charge is -2.13. The lowest BCUT2D eigenvalue weighted by atomic mass is 10.0. The molecule has 2 aromatic carbocycles. The molecular weight excluding hydrogens is 528 g/mol. The molecule has 5 rings (SSSR count). The second-order valence-corrected chi connectivity index (χ2v) is 11.9. The Morgan fingerprint density at radius 2 is 1.84 bits per heavy atom. The quantitative estimate of drug-likeness (QED) is 0.361. The first-order valence-corrected chi connectivity index (χ1v) is 14.2. The largest absolute Gasteiger partial charge is 0.493 e. The molecule has 11 heteroatoms. The van der Waals surface area contributed by atoms with Crippen LogP contribution >= 0.6 is 11.6 Å². The fourth-order valence-electron chi connectivity index (χ4n) is 4.74. The van der Waals surface area contributed by atoms with Crippen LogP contribution in [0.15, 0.2) is 48.5 Å². The van der Waals surface area contributed by atoms with E-state index in [2.05, 4.69) is 10.4 Å². The number of sulfone groups is 1. The molecule has 1 atom stereocenters. The Hall–Kier alpha value is -3.63. The smallest absolute Gasteiger partial charge is 0.252 e. The van der Waals surface area contributed by atoms with Gasteiger partial charge in [0.1, 0.15) is 0 Å². The van der Waals surface area contributed by atoms with Crippen LogP contribution in [-0.2, 0) is 16.4 Å². The van der Waals surface area contributed by atoms with Crippen molar-refractivity contribution in [1.82, 2.24) is 20.1 Å². The van der Waals surface area contributed by atoms with Gasteiger partial charge < -0.3 is 14.8 Å². The van der Waals surface area contributed by atoms with Crippen molar-refractivity contribution < 1.29 is 22.7 Å². The molecule has 9 nitrogen and oxygen atoms in total. The average Bonchev–Trinajstić information content (AvgIpc) is 3.45. The van der Waals surface area contributed by atoms with Gasteiger partial charge in [-0.3, -0.25) is 4.79 Å². The normalized spacial score (nSPS) is 16.5. The van der Waals surface area contributed by atoms with Crippen LogP contribution < -0.4 is 14.8 Å². The summed E-state index contributed by atoms with van der Waals surface area (Å²) in [6.45, 7) is 2.11. The van der Waals surface area contributed by atoms with E-state index in [1.165, 1.54) is 0 Å². The fraction of sp³-hybridized carbons (Fsp3) is 0.296. The zero-order valence-corrected chi connectivity index (χ0v) is 22.8. The average molecular weight is 555 g/mol. The molecule has 1 fully saturated rings. The predicted molar refractivity (Wildman–Crippen MR) is 146 cm³/mol. The summed E-state index contributed by atoms with van der Waals surface area (Å²) in [5.41, 5.74) is 3.61. The zero-order valence-electron chi connectivity index (χ0n) is 21.2. The number of ether oxygens (including phenoxy) is 2. The number of hydrogen-bond acceptors (Lipinski definition) is 7. The fourth-order valence-corrected chi connectivity index (χ4v) is 6.56. The molecule has 38 heavy (non-hydrogen) atoms. The Balaban J connectivity index is 1.62. The maximum Gasteiger partial charge on any atom is 0.252 e. The summed E-state index contributed by atoms with van der Waals surface area (Å²) in [4.78, 5) is 18.4. The molecule has 198 valence electrons. The van der Waals surface area contributed by atoms with Crippen LogP contribution in [0.2, 0.25) is 5.02 Å². The van der Waals surface area contributed by atoms with E-state index in [1.807, 2.05) is 18.2 Å². The van der Waals surface area contributed by atoms with E-state index in [0.29, 0.717) is 63.0 Å². The van der Waals surface area contributed by atoms with Gasteiger partial charge in [0.15, 0.2) is 27.0 Å². The molecular formula is C27H27ClN4O5S. The summed E-state index contributed by atoms with van der Waals surface area (Å²) >= 11 is 5.99. The number of pyridine rings is 1. The van der Waals surface area contributed by atoms with Crippen molar-refractivity contribution in [1.29, 1.82) is 0 Å². The van der Waals surface area contributed by atoms with Crippen LogP contribution in [0.25, 0.3) is 22.3 Å². The van der Waals surface area contributed by atoms with Gasteiger partial charge in [-0.25, -0.2) is 18.1 Å². The van der Waals surface area contributed by atoms with Crippen molar-refractivity contribution in [3.63, 3.8) is 0 Å². The first-order valence-electron chi connectivity index (χ1n) is 12.0. The Morgan fingerprint density at radius 3 is 2.50 bits per heavy atom. The lowest BCUT2D eigenvalue weighted by Crippen LogP contribution is -2.23. The lowest BCUT2D eigenvalue weighted by molar-refractivity contribution is 0.0952. The van der Waals surface area contributed by atoms with Crippen molar-refractivity contribution in [2.24, 2.45) is 0 Å². The van der Waals surface area contributed by atoms with Crippen LogP contribution in [0, 0.1) is 6.92 Å². The highest BCUT2D eigenvalue weighted by molar-refractivity contribution is 7.91. The molecule has 0 saturated carbocycles. The Kier molecular flexibility index (Phi) is 7.02. The van der Waals surface area contributed by atoms with Gasteiger partial charge in [-0.1, -0.05) is 23.7 Å². The summed E-state index contributed by atoms with van der Waals surface area (Å²) in [6.07, 6.45) is 0.443. The standard InChI is InChI=1S/C27H27ClN4O5S/c1-16-25-21(27(33)29-14-17-4-7-19(28)8-5-17)13-22(18-6-9-23(36-2)24(12-18)37-3)30-26(25)32(31-16)20-10-11-38(34,35)15-20/h4-9,12-13,20H,10-11,14-15H2,1-3H3,(H,29,33). The third-order valence-electron chi connectivity index (χ3n) is 6.68. The molecule has 1 N–H and O–H groups in total. The van der Waals surface area contributed by atoms with Crippen LogP contribution in [0.3, 0.4) is 0 Å². The number of carbonyl (C=O) groups is 1. The Labute approximate surface area is 225 Å². The first kappa shape index (κ1) is 26.0. The van der Waals surface area contributed by atoms with Crippen molar-refractivity contribution in [2.45, 2.75) is 25.9 Å². The van der Waals surface area contributed by atoms with Crippen LogP contribution in [0.1, 0.15) is 34.1 Å². The van der Waals surface area contributed by atoms with E-state index < -0.39 is 9.84 Å². The van der Waals surface area contributed by atoms with E-state index in [0.717, 1.165) is 5.56 Å². The third-order valence-corrected chi connectivity index (χ3v) is 8.68. The Bertz CT molecular complexity index is 1630. The van der Waals surface area contributed by atoms with Crippen molar-refractivity contribution in [3.8, 4) is 22.8 Å². The number of nitrogens with one attached hydrogen (secondary N) is 1. The van der Waals surface area contributed by atoms with E-state index in [9.17, 15) is 13.2 Å². The molecule has 0 radical (unpaired) electrons. The van der Waals surface area contributed by atoms with Crippen LogP contribution in [0.4, 0.5) is 0 Å². The summed E-state index contributed by atoms with van der Waals surface area (Å²) < 4.78 is 37.0. The van der Waals surface area contributed by atoms with Crippen molar-refractivity contribution in [3.05, 3.63) is 70.4 Å². The molecule has 0 spiro atoms. The molecule has 1 aliphatic rings. The van der Waals surface area contributed by atoms with Gasteiger partial charge in [0.25, 0.3) is 5.91 Å². The van der Waals surface area contributed by atoms with E-state index in [-0.39, 0.29) is 23.5 Å². The van der Waals surface area contributed by atoms with E-state index in [4.69, 9.17) is 26.1 Å². The highest BCUT2D eigenvalue weighted by atomic mass is 35.5. The number of carbonyl (C=O) groups excluding carboxylic acids is 1. The van der Waals surface area contributed by atoms with Gasteiger partial charge in [0.2, 0.25) is 0 Å². The highest BCUT2D eigenvalue weighted by Gasteiger charge is 2.32. The van der Waals surface area contributed by atoms with Gasteiger partial charge in [-0.15, -0.1) is 0 Å². The topological polar surface area (TPSA) is 112 Å². The molecule has 1 unspecified atom stereocenters. The number of nitrogens with zero attached hydrogens (tertiary/aromatic N) is 3. The molecule has 3 heterocycles. The number of rotatable bonds is 7. The van der Waals surface area contributed by atoms with Crippen LogP contribution in [0.5, 0.6) is 11.5 Å². The second kappa shape index (κ2) is 10.3. The number of aromatic nitrogens is 3. The minimum Gasteiger partial charge on any atom is -0.493 e. The van der Waals surface area contributed by atoms with Crippen LogP contribution in [-0.4, -0.2) is 54.8 Å². The predicted octanol–water partition coefficient (Wildman–Crippen LogP) is 4.37. The number of methoxy groups -OCH3 is 2. The molecule has 0 aliphatic carbocycles. The molecule has 4 aromatic rings. The van der Waals surface area contributed by atoms with Gasteiger partial charge in [0, 0.05) is 17.1 Å². The van der Waals surface area contributed by atoms with Gasteiger partial charge in [0.05, 0.1) is 54.1 Å². The molecule has 0 bridgehead atoms.